The third-order valence-corrected chi connectivity index (χ3v) is 3.38. The lowest BCUT2D eigenvalue weighted by Crippen LogP contribution is -2.26. The first-order valence-corrected chi connectivity index (χ1v) is 6.05. The largest absolute Gasteiger partial charge is 0.423 e. The van der Waals surface area contributed by atoms with Crippen molar-refractivity contribution in [3.63, 3.8) is 0 Å². The van der Waals surface area contributed by atoms with Crippen LogP contribution >= 0.6 is 11.3 Å². The van der Waals surface area contributed by atoms with Crippen molar-refractivity contribution in [2.24, 2.45) is 0 Å². The monoisotopic (exact) mass is 277 g/mol. The Bertz CT molecular complexity index is 614. The summed E-state index contributed by atoms with van der Waals surface area (Å²) in [5, 5.41) is 27.0. The molecule has 19 heavy (non-hydrogen) atoms. The van der Waals surface area contributed by atoms with Gasteiger partial charge in [-0.15, -0.1) is 21.5 Å². The van der Waals surface area contributed by atoms with Gasteiger partial charge in [-0.3, -0.25) is 0 Å². The van der Waals surface area contributed by atoms with E-state index in [-0.39, 0.29) is 10.9 Å². The van der Waals surface area contributed by atoms with Crippen molar-refractivity contribution < 1.29 is 14.6 Å². The fourth-order valence-corrected chi connectivity index (χ4v) is 2.22. The zero-order chi connectivity index (χ0) is 13.9. The average molecular weight is 277 g/mol. The van der Waals surface area contributed by atoms with Crippen molar-refractivity contribution in [1.82, 2.24) is 15.2 Å². The van der Waals surface area contributed by atoms with E-state index in [2.05, 4.69) is 28.3 Å². The number of rotatable bonds is 5. The lowest BCUT2D eigenvalue weighted by molar-refractivity contribution is -0.150. The highest BCUT2D eigenvalue weighted by Gasteiger charge is 2.38. The van der Waals surface area contributed by atoms with E-state index in [1.807, 2.05) is 0 Å². The van der Waals surface area contributed by atoms with E-state index in [1.165, 1.54) is 0 Å². The first-order chi connectivity index (χ1) is 9.09. The molecule has 0 unspecified atom stereocenters. The molecule has 0 aromatic carbocycles. The van der Waals surface area contributed by atoms with Gasteiger partial charge in [0, 0.05) is 0 Å². The van der Waals surface area contributed by atoms with Crippen LogP contribution in [0.4, 0.5) is 0 Å². The zero-order valence-corrected chi connectivity index (χ0v) is 10.7. The van der Waals surface area contributed by atoms with Gasteiger partial charge in [0.05, 0.1) is 10.6 Å². The normalized spacial score (nSPS) is 11.9. The summed E-state index contributed by atoms with van der Waals surface area (Å²) < 4.78 is 4.80. The topological polar surface area (TPSA) is 92.3 Å². The smallest absolute Gasteiger partial charge is 0.298 e. The Morgan fingerprint density at radius 1 is 1.37 bits per heavy atom. The molecular weight excluding hydrogens is 266 g/mol. The lowest BCUT2D eigenvalue weighted by atomic mass is 10.3. The summed E-state index contributed by atoms with van der Waals surface area (Å²) in [7, 11) is 0. The molecule has 2 rings (SSSR count). The summed E-state index contributed by atoms with van der Waals surface area (Å²) in [6.45, 7) is 7.21. The van der Waals surface area contributed by atoms with Crippen molar-refractivity contribution >= 4 is 23.5 Å². The van der Waals surface area contributed by atoms with Crippen LogP contribution in [-0.2, 0) is 5.79 Å². The highest BCUT2D eigenvalue weighted by Crippen LogP contribution is 2.31. The maximum Gasteiger partial charge on any atom is 0.298 e. The second-order valence-corrected chi connectivity index (χ2v) is 4.51. The van der Waals surface area contributed by atoms with Gasteiger partial charge in [-0.1, -0.05) is 25.3 Å². The van der Waals surface area contributed by atoms with E-state index in [0.29, 0.717) is 10.6 Å². The highest BCUT2D eigenvalue weighted by atomic mass is 32.1. The maximum atomic E-state index is 10.0. The van der Waals surface area contributed by atoms with Crippen LogP contribution in [0.3, 0.4) is 0 Å². The third-order valence-electron chi connectivity index (χ3n) is 2.21. The SMILES string of the molecule is C=C/C=C\c1nc(C(O)(O)c2nnco2)sc1C=C. The molecule has 0 spiro atoms. The maximum absolute atomic E-state index is 10.0. The minimum absolute atomic E-state index is 0.0235. The Morgan fingerprint density at radius 3 is 2.74 bits per heavy atom. The Labute approximate surface area is 113 Å². The van der Waals surface area contributed by atoms with E-state index in [9.17, 15) is 10.2 Å². The van der Waals surface area contributed by atoms with Crippen molar-refractivity contribution in [1.29, 1.82) is 0 Å². The minimum Gasteiger partial charge on any atom is -0.423 e. The van der Waals surface area contributed by atoms with Gasteiger partial charge in [-0.05, 0) is 12.2 Å². The predicted octanol–water partition coefficient (Wildman–Crippen LogP) is 1.55. The number of nitrogens with zero attached hydrogens (tertiary/aromatic N) is 3. The third kappa shape index (κ3) is 2.53. The van der Waals surface area contributed by atoms with Gasteiger partial charge in [0.15, 0.2) is 5.01 Å². The molecule has 98 valence electrons. The fraction of sp³-hybridized carbons (Fsp3) is 0.0833. The number of aliphatic hydroxyl groups is 2. The summed E-state index contributed by atoms with van der Waals surface area (Å²) in [5.74, 6) is -2.75. The van der Waals surface area contributed by atoms with E-state index >= 15 is 0 Å². The van der Waals surface area contributed by atoms with Crippen molar-refractivity contribution in [3.05, 3.63) is 53.2 Å². The fourth-order valence-electron chi connectivity index (χ4n) is 1.33. The molecule has 0 radical (unpaired) electrons. The Kier molecular flexibility index (Phi) is 3.70. The molecule has 0 aliphatic rings. The lowest BCUT2D eigenvalue weighted by Gasteiger charge is -2.13. The molecule has 0 fully saturated rings. The van der Waals surface area contributed by atoms with Crippen LogP contribution in [0.25, 0.3) is 12.2 Å². The van der Waals surface area contributed by atoms with Crippen molar-refractivity contribution in [3.8, 4) is 0 Å². The van der Waals surface area contributed by atoms with Crippen molar-refractivity contribution in [2.45, 2.75) is 5.79 Å². The highest BCUT2D eigenvalue weighted by molar-refractivity contribution is 7.12. The van der Waals surface area contributed by atoms with Crippen LogP contribution in [0.5, 0.6) is 0 Å². The van der Waals surface area contributed by atoms with Crippen molar-refractivity contribution in [2.75, 3.05) is 0 Å². The van der Waals surface area contributed by atoms with Gasteiger partial charge in [0.1, 0.15) is 0 Å². The van der Waals surface area contributed by atoms with Crippen LogP contribution in [-0.4, -0.2) is 25.4 Å². The molecule has 0 saturated heterocycles. The van der Waals surface area contributed by atoms with Gasteiger partial charge in [-0.25, -0.2) is 4.98 Å². The van der Waals surface area contributed by atoms with Gasteiger partial charge in [0.25, 0.3) is 11.7 Å². The first kappa shape index (κ1) is 13.3. The Balaban J connectivity index is 2.46. The second kappa shape index (κ2) is 5.27. The van der Waals surface area contributed by atoms with Crippen LogP contribution in [0.1, 0.15) is 21.5 Å². The van der Waals surface area contributed by atoms with E-state index < -0.39 is 5.79 Å². The second-order valence-electron chi connectivity index (χ2n) is 3.48. The molecule has 0 atom stereocenters. The van der Waals surface area contributed by atoms with Crippen LogP contribution in [0, 0.1) is 0 Å². The van der Waals surface area contributed by atoms with Crippen LogP contribution in [0.2, 0.25) is 0 Å². The van der Waals surface area contributed by atoms with Gasteiger partial charge >= 0.3 is 0 Å². The Morgan fingerprint density at radius 2 is 2.16 bits per heavy atom. The summed E-state index contributed by atoms with van der Waals surface area (Å²) >= 11 is 1.07. The number of hydrogen-bond donors (Lipinski definition) is 2. The zero-order valence-electron chi connectivity index (χ0n) is 9.85. The molecule has 6 nitrogen and oxygen atoms in total. The molecule has 0 bridgehead atoms. The van der Waals surface area contributed by atoms with E-state index in [1.54, 1.807) is 24.3 Å². The summed E-state index contributed by atoms with van der Waals surface area (Å²) in [6.07, 6.45) is 7.56. The van der Waals surface area contributed by atoms with Gasteiger partial charge in [-0.2, -0.15) is 0 Å². The average Bonchev–Trinajstić information content (AvgIpc) is 3.05. The molecular formula is C12H11N3O3S. The number of allylic oxidation sites excluding steroid dienone is 2. The van der Waals surface area contributed by atoms with Crippen LogP contribution < -0.4 is 0 Å². The molecule has 0 aliphatic carbocycles. The summed E-state index contributed by atoms with van der Waals surface area (Å²) in [6, 6.07) is 0. The predicted molar refractivity (Wildman–Crippen MR) is 71.0 cm³/mol. The molecule has 0 saturated carbocycles. The van der Waals surface area contributed by atoms with Crippen LogP contribution in [0.15, 0.2) is 36.1 Å². The summed E-state index contributed by atoms with van der Waals surface area (Å²) in [4.78, 5) is 4.83. The minimum atomic E-state index is -2.42. The molecule has 2 aromatic rings. The molecule has 2 aromatic heterocycles. The molecule has 2 N–H and O–H groups in total. The number of hydrogen-bond acceptors (Lipinski definition) is 7. The van der Waals surface area contributed by atoms with Gasteiger partial charge in [0.2, 0.25) is 6.39 Å². The van der Waals surface area contributed by atoms with Gasteiger partial charge < -0.3 is 14.6 Å². The molecule has 7 heteroatoms. The number of thiazole rings is 1. The molecule has 0 amide bonds. The first-order valence-electron chi connectivity index (χ1n) is 5.23. The molecule has 2 heterocycles. The molecule has 0 aliphatic heterocycles. The summed E-state index contributed by atoms with van der Waals surface area (Å²) in [5.41, 5.74) is 0.557. The van der Waals surface area contributed by atoms with E-state index in [4.69, 9.17) is 4.42 Å². The standard InChI is InChI=1S/C12H11N3O3S/c1-3-5-6-8-9(4-2)19-11(14-8)12(16,17)10-15-13-7-18-10/h3-7,16-17H,1-2H2/b6-5-. The Hall–Kier alpha value is -2.09. The number of aromatic nitrogens is 3. The van der Waals surface area contributed by atoms with E-state index in [0.717, 1.165) is 17.7 Å². The quantitative estimate of drug-likeness (QED) is 0.636.